The van der Waals surface area contributed by atoms with E-state index in [9.17, 15) is 15.1 Å². The Labute approximate surface area is 168 Å². The molecule has 8 nitrogen and oxygen atoms in total. The Kier molecular flexibility index (Phi) is 4.44. The SMILES string of the molecule is O=c1c2cn(O)ccc-2c(O)c2c1C(=NCCN1CC1)C=CC2=NCCN1CC1. The first kappa shape index (κ1) is 18.1. The number of nitrogens with zero attached hydrogens (tertiary/aromatic N) is 5. The van der Waals surface area contributed by atoms with Crippen molar-refractivity contribution >= 4 is 11.4 Å². The number of aliphatic imine (C=N–C) groups is 2. The number of phenols is 1. The van der Waals surface area contributed by atoms with Crippen LogP contribution in [0.4, 0.5) is 0 Å². The number of phenolic OH excluding ortho intramolecular Hbond substituents is 1. The van der Waals surface area contributed by atoms with Crippen LogP contribution in [0, 0.1) is 0 Å². The molecule has 0 saturated carbocycles. The number of hydrogen-bond donors (Lipinski definition) is 2. The van der Waals surface area contributed by atoms with Crippen LogP contribution >= 0.6 is 0 Å². The van der Waals surface area contributed by atoms with Gasteiger partial charge in [-0.25, -0.2) is 4.73 Å². The van der Waals surface area contributed by atoms with Gasteiger partial charge in [-0.1, -0.05) is 0 Å². The monoisotopic (exact) mass is 393 g/mol. The third-order valence-electron chi connectivity index (χ3n) is 5.55. The van der Waals surface area contributed by atoms with Crippen molar-refractivity contribution in [3.63, 3.8) is 0 Å². The standard InChI is InChI=1S/C21H23N5O3/c27-20-14-3-6-26(29)13-15(14)21(28)19-17(23-5-8-25-11-12-25)2-1-16(18(19)20)22-4-7-24-9-10-24/h1-3,6,13,27,29H,4-5,7-12H2. The summed E-state index contributed by atoms with van der Waals surface area (Å²) in [5, 5.41) is 20.8. The zero-order valence-corrected chi connectivity index (χ0v) is 16.1. The second kappa shape index (κ2) is 7.13. The third kappa shape index (κ3) is 3.56. The summed E-state index contributed by atoms with van der Waals surface area (Å²) in [5.41, 5.74) is 2.35. The summed E-state index contributed by atoms with van der Waals surface area (Å²) in [6.07, 6.45) is 6.36. The molecule has 2 fully saturated rings. The molecular formula is C21H23N5O3. The highest BCUT2D eigenvalue weighted by Gasteiger charge is 2.29. The number of fused-ring (bicyclic) bond motifs is 2. The molecule has 150 valence electrons. The van der Waals surface area contributed by atoms with Gasteiger partial charge in [-0.3, -0.25) is 24.6 Å². The molecule has 0 spiro atoms. The molecule has 5 rings (SSSR count). The van der Waals surface area contributed by atoms with Crippen molar-refractivity contribution in [2.24, 2.45) is 9.98 Å². The van der Waals surface area contributed by atoms with Crippen LogP contribution in [0.3, 0.4) is 0 Å². The first-order valence-electron chi connectivity index (χ1n) is 9.94. The van der Waals surface area contributed by atoms with Gasteiger partial charge in [0.1, 0.15) is 5.75 Å². The Morgan fingerprint density at radius 1 is 0.897 bits per heavy atom. The molecule has 0 atom stereocenters. The molecule has 29 heavy (non-hydrogen) atoms. The highest BCUT2D eigenvalue weighted by atomic mass is 16.5. The zero-order valence-electron chi connectivity index (χ0n) is 16.1. The van der Waals surface area contributed by atoms with Gasteiger partial charge < -0.3 is 10.3 Å². The van der Waals surface area contributed by atoms with Gasteiger partial charge in [0.05, 0.1) is 47.4 Å². The minimum absolute atomic E-state index is 0.00340. The van der Waals surface area contributed by atoms with E-state index in [-0.39, 0.29) is 16.7 Å². The lowest BCUT2D eigenvalue weighted by Crippen LogP contribution is -2.26. The Hall–Kier alpha value is -2.97. The summed E-state index contributed by atoms with van der Waals surface area (Å²) >= 11 is 0. The van der Waals surface area contributed by atoms with Crippen molar-refractivity contribution < 1.29 is 10.3 Å². The number of aromatic hydroxyl groups is 1. The van der Waals surface area contributed by atoms with E-state index in [0.717, 1.165) is 44.0 Å². The van der Waals surface area contributed by atoms with E-state index in [4.69, 9.17) is 0 Å². The van der Waals surface area contributed by atoms with Gasteiger partial charge in [0.2, 0.25) is 0 Å². The summed E-state index contributed by atoms with van der Waals surface area (Å²) in [6.45, 7) is 7.32. The van der Waals surface area contributed by atoms with Crippen molar-refractivity contribution in [1.29, 1.82) is 0 Å². The lowest BCUT2D eigenvalue weighted by molar-refractivity contribution is 0.184. The fourth-order valence-electron chi connectivity index (χ4n) is 3.67. The summed E-state index contributed by atoms with van der Waals surface area (Å²) in [5.74, 6) is 0.00340. The molecule has 8 heteroatoms. The molecule has 0 unspecified atom stereocenters. The van der Waals surface area contributed by atoms with Crippen molar-refractivity contribution in [3.05, 3.63) is 52.0 Å². The molecule has 3 aliphatic heterocycles. The molecule has 5 aliphatic rings. The van der Waals surface area contributed by atoms with E-state index in [1.165, 1.54) is 18.5 Å². The minimum Gasteiger partial charge on any atom is -0.507 e. The van der Waals surface area contributed by atoms with E-state index in [2.05, 4.69) is 19.8 Å². The molecule has 2 N–H and O–H groups in total. The van der Waals surface area contributed by atoms with Crippen LogP contribution in [0.5, 0.6) is 5.75 Å². The maximum Gasteiger partial charge on any atom is 0.198 e. The molecule has 0 aromatic rings. The second-order valence-corrected chi connectivity index (χ2v) is 7.63. The predicted octanol–water partition coefficient (Wildman–Crippen LogP) is 0.675. The average Bonchev–Trinajstić information content (AvgIpc) is 3.62. The Bertz CT molecular complexity index is 1080. The van der Waals surface area contributed by atoms with Crippen molar-refractivity contribution in [3.8, 4) is 16.9 Å². The fraction of sp³-hybridized carbons (Fsp3) is 0.381. The quantitative estimate of drug-likeness (QED) is 0.556. The van der Waals surface area contributed by atoms with Gasteiger partial charge >= 0.3 is 0 Å². The van der Waals surface area contributed by atoms with Gasteiger partial charge in [0.15, 0.2) is 5.43 Å². The largest absolute Gasteiger partial charge is 0.507 e. The third-order valence-corrected chi connectivity index (χ3v) is 5.55. The second-order valence-electron chi connectivity index (χ2n) is 7.63. The maximum absolute atomic E-state index is 13.3. The predicted molar refractivity (Wildman–Crippen MR) is 111 cm³/mol. The van der Waals surface area contributed by atoms with E-state index in [1.54, 1.807) is 0 Å². The van der Waals surface area contributed by atoms with Crippen LogP contribution in [0.25, 0.3) is 11.1 Å². The number of rotatable bonds is 6. The Balaban J connectivity index is 1.62. The van der Waals surface area contributed by atoms with Crippen LogP contribution in [0.1, 0.15) is 11.1 Å². The minimum atomic E-state index is -0.260. The van der Waals surface area contributed by atoms with Gasteiger partial charge in [0.25, 0.3) is 0 Å². The van der Waals surface area contributed by atoms with E-state index in [1.807, 2.05) is 12.2 Å². The molecule has 0 bridgehead atoms. The van der Waals surface area contributed by atoms with E-state index < -0.39 is 0 Å². The van der Waals surface area contributed by atoms with Crippen LogP contribution < -0.4 is 5.43 Å². The van der Waals surface area contributed by atoms with Crippen LogP contribution in [-0.2, 0) is 0 Å². The molecule has 2 aliphatic carbocycles. The molecule has 0 amide bonds. The molecule has 0 aromatic heterocycles. The molecular weight excluding hydrogens is 370 g/mol. The first-order valence-corrected chi connectivity index (χ1v) is 9.94. The number of aromatic nitrogens is 1. The van der Waals surface area contributed by atoms with Gasteiger partial charge in [-0.2, -0.15) is 0 Å². The zero-order chi connectivity index (χ0) is 20.0. The number of pyridine rings is 1. The van der Waals surface area contributed by atoms with Crippen LogP contribution in [-0.4, -0.2) is 88.6 Å². The smallest absolute Gasteiger partial charge is 0.198 e. The number of benzene rings is 1. The molecule has 3 heterocycles. The highest BCUT2D eigenvalue weighted by molar-refractivity contribution is 6.27. The number of allylic oxidation sites excluding steroid dienone is 2. The van der Waals surface area contributed by atoms with E-state index in [0.29, 0.717) is 41.2 Å². The summed E-state index contributed by atoms with van der Waals surface area (Å²) in [7, 11) is 0. The van der Waals surface area contributed by atoms with Crippen LogP contribution in [0.15, 0.2) is 45.4 Å². The van der Waals surface area contributed by atoms with Crippen molar-refractivity contribution in [2.45, 2.75) is 0 Å². The maximum atomic E-state index is 13.3. The molecule has 2 saturated heterocycles. The van der Waals surface area contributed by atoms with E-state index >= 15 is 0 Å². The topological polar surface area (TPSA) is 93.2 Å². The van der Waals surface area contributed by atoms with Crippen molar-refractivity contribution in [2.75, 3.05) is 52.4 Å². The normalized spacial score (nSPS) is 21.2. The van der Waals surface area contributed by atoms with Gasteiger partial charge in [-0.05, 0) is 18.2 Å². The first-order chi connectivity index (χ1) is 14.1. The van der Waals surface area contributed by atoms with Crippen molar-refractivity contribution in [1.82, 2.24) is 14.5 Å². The van der Waals surface area contributed by atoms with Gasteiger partial charge in [0, 0.05) is 51.0 Å². The number of hydrogen-bond acceptors (Lipinski definition) is 7. The molecule has 0 aromatic carbocycles. The Morgan fingerprint density at radius 3 is 2.07 bits per heavy atom. The van der Waals surface area contributed by atoms with Crippen LogP contribution in [0.2, 0.25) is 0 Å². The fourth-order valence-corrected chi connectivity index (χ4v) is 3.67. The lowest BCUT2D eigenvalue weighted by Gasteiger charge is -2.20. The molecule has 0 radical (unpaired) electrons. The summed E-state index contributed by atoms with van der Waals surface area (Å²) < 4.78 is 0.824. The average molecular weight is 393 g/mol. The lowest BCUT2D eigenvalue weighted by atomic mass is 9.86. The van der Waals surface area contributed by atoms with Gasteiger partial charge in [-0.15, -0.1) is 0 Å². The summed E-state index contributed by atoms with van der Waals surface area (Å²) in [4.78, 5) is 27.1. The highest BCUT2D eigenvalue weighted by Crippen LogP contribution is 2.35. The summed E-state index contributed by atoms with van der Waals surface area (Å²) in [6, 6.07) is 1.54. The Morgan fingerprint density at radius 2 is 1.48 bits per heavy atom.